The Hall–Kier alpha value is -1.54. The van der Waals surface area contributed by atoms with Gasteiger partial charge in [-0.15, -0.1) is 12.3 Å². The van der Waals surface area contributed by atoms with Crippen LogP contribution in [0.3, 0.4) is 0 Å². The molecule has 0 aliphatic heterocycles. The molecule has 1 saturated carbocycles. The maximum atomic E-state index is 11.7. The van der Waals surface area contributed by atoms with E-state index in [9.17, 15) is 9.59 Å². The molecule has 0 aromatic rings. The van der Waals surface area contributed by atoms with E-state index in [1.54, 1.807) is 0 Å². The highest BCUT2D eigenvalue weighted by atomic mass is 16.4. The Kier molecular flexibility index (Phi) is 3.69. The maximum Gasteiger partial charge on any atom is 0.323 e. The highest BCUT2D eigenvalue weighted by molar-refractivity contribution is 5.86. The van der Waals surface area contributed by atoms with Crippen LogP contribution in [0.2, 0.25) is 0 Å². The SMILES string of the molecule is C#CCC(N)C(=O)N(CC(=O)O)C1CC1. The highest BCUT2D eigenvalue weighted by Crippen LogP contribution is 2.27. The third-order valence-corrected chi connectivity index (χ3v) is 2.23. The van der Waals surface area contributed by atoms with Crippen LogP contribution in [0.1, 0.15) is 19.3 Å². The minimum atomic E-state index is -1.02. The van der Waals surface area contributed by atoms with E-state index < -0.39 is 12.0 Å². The van der Waals surface area contributed by atoms with Gasteiger partial charge in [0.1, 0.15) is 6.54 Å². The van der Waals surface area contributed by atoms with Gasteiger partial charge in [-0.1, -0.05) is 0 Å². The van der Waals surface area contributed by atoms with E-state index in [1.807, 2.05) is 0 Å². The summed E-state index contributed by atoms with van der Waals surface area (Å²) >= 11 is 0. The van der Waals surface area contributed by atoms with Gasteiger partial charge in [-0.25, -0.2) is 0 Å². The van der Waals surface area contributed by atoms with Crippen LogP contribution in [0.25, 0.3) is 0 Å². The predicted molar refractivity (Wildman–Crippen MR) is 53.8 cm³/mol. The lowest BCUT2D eigenvalue weighted by atomic mass is 10.2. The molecule has 5 heteroatoms. The second-order valence-corrected chi connectivity index (χ2v) is 3.61. The topological polar surface area (TPSA) is 83.6 Å². The van der Waals surface area contributed by atoms with Gasteiger partial charge >= 0.3 is 5.97 Å². The number of terminal acetylenes is 1. The molecule has 1 aliphatic rings. The fraction of sp³-hybridized carbons (Fsp3) is 0.600. The molecule has 1 fully saturated rings. The minimum Gasteiger partial charge on any atom is -0.480 e. The number of rotatable bonds is 5. The number of carboxylic acid groups (broad SMARTS) is 1. The number of carbonyl (C=O) groups excluding carboxylic acids is 1. The fourth-order valence-electron chi connectivity index (χ4n) is 1.35. The number of nitrogens with zero attached hydrogens (tertiary/aromatic N) is 1. The molecule has 1 aliphatic carbocycles. The molecule has 1 atom stereocenters. The largest absolute Gasteiger partial charge is 0.480 e. The van der Waals surface area contributed by atoms with Gasteiger partial charge in [-0.2, -0.15) is 0 Å². The van der Waals surface area contributed by atoms with Crippen LogP contribution in [0.4, 0.5) is 0 Å². The molecule has 15 heavy (non-hydrogen) atoms. The van der Waals surface area contributed by atoms with Crippen LogP contribution in [-0.2, 0) is 9.59 Å². The smallest absolute Gasteiger partial charge is 0.323 e. The first kappa shape index (κ1) is 11.5. The van der Waals surface area contributed by atoms with Crippen LogP contribution in [-0.4, -0.2) is 40.5 Å². The summed E-state index contributed by atoms with van der Waals surface area (Å²) in [5.41, 5.74) is 5.54. The van der Waals surface area contributed by atoms with Gasteiger partial charge in [-0.3, -0.25) is 9.59 Å². The third kappa shape index (κ3) is 3.26. The van der Waals surface area contributed by atoms with E-state index in [0.717, 1.165) is 12.8 Å². The average molecular weight is 210 g/mol. The molecular formula is C10H14N2O3. The standard InChI is InChI=1S/C10H14N2O3/c1-2-3-8(11)10(15)12(6-9(13)14)7-4-5-7/h1,7-8H,3-6,11H2,(H,13,14). The third-order valence-electron chi connectivity index (χ3n) is 2.23. The molecule has 1 rings (SSSR count). The van der Waals surface area contributed by atoms with Crippen molar-refractivity contribution in [2.45, 2.75) is 31.3 Å². The number of carboxylic acids is 1. The quantitative estimate of drug-likeness (QED) is 0.594. The molecule has 0 saturated heterocycles. The Morgan fingerprint density at radius 1 is 1.60 bits per heavy atom. The Morgan fingerprint density at radius 3 is 2.60 bits per heavy atom. The van der Waals surface area contributed by atoms with E-state index in [0.29, 0.717) is 0 Å². The van der Waals surface area contributed by atoms with E-state index in [4.69, 9.17) is 17.3 Å². The molecule has 1 unspecified atom stereocenters. The van der Waals surface area contributed by atoms with Gasteiger partial charge in [-0.05, 0) is 12.8 Å². The normalized spacial score (nSPS) is 16.5. The molecule has 0 aromatic carbocycles. The van der Waals surface area contributed by atoms with Crippen molar-refractivity contribution in [3.63, 3.8) is 0 Å². The summed E-state index contributed by atoms with van der Waals surface area (Å²) in [5, 5.41) is 8.65. The number of hydrogen-bond donors (Lipinski definition) is 2. The van der Waals surface area contributed by atoms with Crippen LogP contribution < -0.4 is 5.73 Å². The van der Waals surface area contributed by atoms with Crippen molar-refractivity contribution in [3.05, 3.63) is 0 Å². The molecule has 0 spiro atoms. The minimum absolute atomic E-state index is 0.0393. The van der Waals surface area contributed by atoms with Crippen molar-refractivity contribution in [1.82, 2.24) is 4.90 Å². The first-order valence-electron chi connectivity index (χ1n) is 4.77. The Morgan fingerprint density at radius 2 is 2.20 bits per heavy atom. The lowest BCUT2D eigenvalue weighted by molar-refractivity contribution is -0.145. The maximum absolute atomic E-state index is 11.7. The van der Waals surface area contributed by atoms with E-state index in [-0.39, 0.29) is 24.9 Å². The number of amides is 1. The van der Waals surface area contributed by atoms with Gasteiger partial charge in [0.15, 0.2) is 0 Å². The molecule has 82 valence electrons. The molecule has 1 amide bonds. The first-order chi connectivity index (χ1) is 7.06. The van der Waals surface area contributed by atoms with Crippen molar-refractivity contribution >= 4 is 11.9 Å². The first-order valence-corrected chi connectivity index (χ1v) is 4.77. The van der Waals surface area contributed by atoms with E-state index >= 15 is 0 Å². The molecule has 0 heterocycles. The zero-order valence-corrected chi connectivity index (χ0v) is 8.35. The summed E-state index contributed by atoms with van der Waals surface area (Å²) in [4.78, 5) is 23.6. The summed E-state index contributed by atoms with van der Waals surface area (Å²) < 4.78 is 0. The summed E-state index contributed by atoms with van der Waals surface area (Å²) in [6.45, 7) is -0.290. The van der Waals surface area contributed by atoms with Crippen LogP contribution in [0.5, 0.6) is 0 Å². The number of hydrogen-bond acceptors (Lipinski definition) is 3. The van der Waals surface area contributed by atoms with Gasteiger partial charge in [0, 0.05) is 12.5 Å². The number of carbonyl (C=O) groups is 2. The Labute approximate surface area is 88.2 Å². The summed E-state index contributed by atoms with van der Waals surface area (Å²) in [6.07, 6.45) is 6.88. The van der Waals surface area contributed by atoms with Crippen molar-refractivity contribution < 1.29 is 14.7 Å². The van der Waals surface area contributed by atoms with Crippen LogP contribution >= 0.6 is 0 Å². The lowest BCUT2D eigenvalue weighted by Crippen LogP contribution is -2.46. The van der Waals surface area contributed by atoms with E-state index in [1.165, 1.54) is 4.90 Å². The average Bonchev–Trinajstić information content (AvgIpc) is 2.96. The fourth-order valence-corrected chi connectivity index (χ4v) is 1.35. The second-order valence-electron chi connectivity index (χ2n) is 3.61. The second kappa shape index (κ2) is 4.80. The zero-order valence-electron chi connectivity index (χ0n) is 8.35. The molecule has 3 N–H and O–H groups in total. The number of aliphatic carboxylic acids is 1. The van der Waals surface area contributed by atoms with Gasteiger partial charge in [0.2, 0.25) is 5.91 Å². The summed E-state index contributed by atoms with van der Waals surface area (Å²) in [7, 11) is 0. The highest BCUT2D eigenvalue weighted by Gasteiger charge is 2.35. The van der Waals surface area contributed by atoms with Gasteiger partial charge in [0.25, 0.3) is 0 Å². The Bertz CT molecular complexity index is 304. The summed E-state index contributed by atoms with van der Waals surface area (Å²) in [5.74, 6) is 0.908. The van der Waals surface area contributed by atoms with Crippen molar-refractivity contribution in [3.8, 4) is 12.3 Å². The van der Waals surface area contributed by atoms with Crippen LogP contribution in [0, 0.1) is 12.3 Å². The van der Waals surface area contributed by atoms with Gasteiger partial charge in [0.05, 0.1) is 6.04 Å². The molecule has 5 nitrogen and oxygen atoms in total. The molecule has 0 aromatic heterocycles. The molecule has 0 radical (unpaired) electrons. The van der Waals surface area contributed by atoms with E-state index in [2.05, 4.69) is 5.92 Å². The monoisotopic (exact) mass is 210 g/mol. The number of nitrogens with two attached hydrogens (primary N) is 1. The zero-order chi connectivity index (χ0) is 11.4. The lowest BCUT2D eigenvalue weighted by Gasteiger charge is -2.22. The van der Waals surface area contributed by atoms with Crippen molar-refractivity contribution in [2.24, 2.45) is 5.73 Å². The Balaban J connectivity index is 2.59. The van der Waals surface area contributed by atoms with Crippen LogP contribution in [0.15, 0.2) is 0 Å². The molecular weight excluding hydrogens is 196 g/mol. The van der Waals surface area contributed by atoms with Crippen molar-refractivity contribution in [1.29, 1.82) is 0 Å². The summed E-state index contributed by atoms with van der Waals surface area (Å²) in [6, 6.07) is -0.743. The van der Waals surface area contributed by atoms with Gasteiger partial charge < -0.3 is 15.7 Å². The van der Waals surface area contributed by atoms with Crippen molar-refractivity contribution in [2.75, 3.05) is 6.54 Å². The molecule has 0 bridgehead atoms. The predicted octanol–water partition coefficient (Wildman–Crippen LogP) is -0.587.